The Balaban J connectivity index is 1.88. The molecular formula is C13H24BrN. The third-order valence-corrected chi connectivity index (χ3v) is 5.43. The molecule has 88 valence electrons. The van der Waals surface area contributed by atoms with E-state index in [-0.39, 0.29) is 0 Å². The van der Waals surface area contributed by atoms with Gasteiger partial charge in [-0.1, -0.05) is 36.2 Å². The van der Waals surface area contributed by atoms with Crippen molar-refractivity contribution in [1.29, 1.82) is 0 Å². The molecule has 1 aliphatic heterocycles. The summed E-state index contributed by atoms with van der Waals surface area (Å²) < 4.78 is 0. The molecule has 1 aliphatic carbocycles. The van der Waals surface area contributed by atoms with Gasteiger partial charge in [-0.2, -0.15) is 0 Å². The molecule has 0 aromatic carbocycles. The van der Waals surface area contributed by atoms with E-state index in [0.717, 1.165) is 0 Å². The molecule has 2 heteroatoms. The van der Waals surface area contributed by atoms with Crippen LogP contribution in [0.25, 0.3) is 0 Å². The van der Waals surface area contributed by atoms with Gasteiger partial charge in [0.15, 0.2) is 0 Å². The van der Waals surface area contributed by atoms with Crippen molar-refractivity contribution < 1.29 is 0 Å². The Labute approximate surface area is 103 Å². The average molecular weight is 274 g/mol. The van der Waals surface area contributed by atoms with E-state index in [4.69, 9.17) is 0 Å². The van der Waals surface area contributed by atoms with E-state index in [2.05, 4.69) is 34.7 Å². The molecule has 1 nitrogen and oxygen atoms in total. The molecule has 0 spiro atoms. The largest absolute Gasteiger partial charge is 0.302 e. The molecule has 15 heavy (non-hydrogen) atoms. The fourth-order valence-corrected chi connectivity index (χ4v) is 3.90. The maximum Gasteiger partial charge on any atom is 0.0100 e. The van der Waals surface area contributed by atoms with E-state index >= 15 is 0 Å². The van der Waals surface area contributed by atoms with Gasteiger partial charge in [-0.15, -0.1) is 0 Å². The first-order valence-electron chi connectivity index (χ1n) is 6.34. The molecule has 2 rings (SSSR count). The van der Waals surface area contributed by atoms with E-state index < -0.39 is 0 Å². The first-order valence-corrected chi connectivity index (χ1v) is 7.46. The fraction of sp³-hybridized carbons (Fsp3) is 1.00. The Bertz CT molecular complexity index is 215. The lowest BCUT2D eigenvalue weighted by atomic mass is 9.69. The van der Waals surface area contributed by atoms with Crippen molar-refractivity contribution in [2.24, 2.45) is 10.8 Å². The molecule has 1 heterocycles. The molecule has 0 N–H and O–H groups in total. The topological polar surface area (TPSA) is 3.24 Å². The summed E-state index contributed by atoms with van der Waals surface area (Å²) in [5.41, 5.74) is 1.18. The summed E-state index contributed by atoms with van der Waals surface area (Å²) in [5, 5.41) is 1.21. The molecule has 0 bridgehead atoms. The third kappa shape index (κ3) is 2.76. The Hall–Kier alpha value is 0.440. The first-order chi connectivity index (χ1) is 7.05. The highest BCUT2D eigenvalue weighted by atomic mass is 79.9. The zero-order valence-corrected chi connectivity index (χ0v) is 11.8. The van der Waals surface area contributed by atoms with Crippen molar-refractivity contribution in [2.45, 2.75) is 46.0 Å². The molecule has 0 radical (unpaired) electrons. The average Bonchev–Trinajstić information content (AvgIpc) is 2.10. The molecule has 1 saturated carbocycles. The number of piperidine rings is 1. The molecule has 1 saturated heterocycles. The van der Waals surface area contributed by atoms with Crippen molar-refractivity contribution in [3.8, 4) is 0 Å². The summed E-state index contributed by atoms with van der Waals surface area (Å²) >= 11 is 3.71. The van der Waals surface area contributed by atoms with Crippen molar-refractivity contribution in [1.82, 2.24) is 4.90 Å². The van der Waals surface area contributed by atoms with E-state index in [1.165, 1.54) is 57.1 Å². The van der Waals surface area contributed by atoms with E-state index in [1.807, 2.05) is 0 Å². The Morgan fingerprint density at radius 2 is 1.87 bits per heavy atom. The van der Waals surface area contributed by atoms with Crippen molar-refractivity contribution in [3.63, 3.8) is 0 Å². The van der Waals surface area contributed by atoms with Gasteiger partial charge in [0.1, 0.15) is 0 Å². The minimum absolute atomic E-state index is 0.551. The number of nitrogens with zero attached hydrogens (tertiary/aromatic N) is 1. The predicted molar refractivity (Wildman–Crippen MR) is 69.5 cm³/mol. The van der Waals surface area contributed by atoms with Crippen LogP contribution in [0.4, 0.5) is 0 Å². The van der Waals surface area contributed by atoms with Gasteiger partial charge in [0.25, 0.3) is 0 Å². The summed E-state index contributed by atoms with van der Waals surface area (Å²) in [6.45, 7) is 8.81. The molecule has 2 aliphatic rings. The minimum Gasteiger partial charge on any atom is -0.302 e. The zero-order chi connectivity index (χ0) is 10.9. The lowest BCUT2D eigenvalue weighted by Gasteiger charge is -2.47. The summed E-state index contributed by atoms with van der Waals surface area (Å²) in [5.74, 6) is 0. The molecule has 0 aromatic heterocycles. The van der Waals surface area contributed by atoms with Gasteiger partial charge in [-0.25, -0.2) is 0 Å². The van der Waals surface area contributed by atoms with Gasteiger partial charge in [-0.05, 0) is 43.1 Å². The van der Waals surface area contributed by atoms with E-state index in [1.54, 1.807) is 0 Å². The number of likely N-dealkylation sites (tertiary alicyclic amines) is 1. The molecule has 0 amide bonds. The van der Waals surface area contributed by atoms with Crippen LogP contribution in [0.15, 0.2) is 0 Å². The van der Waals surface area contributed by atoms with Crippen molar-refractivity contribution in [3.05, 3.63) is 0 Å². The standard InChI is InChI=1S/C13H24BrN/c1-12(2)5-4-8-15(10-12)11-13(9-14)6-3-7-13/h3-11H2,1-2H3. The van der Waals surface area contributed by atoms with Crippen LogP contribution in [-0.4, -0.2) is 29.9 Å². The smallest absolute Gasteiger partial charge is 0.0100 e. The third-order valence-electron chi connectivity index (χ3n) is 4.24. The molecular weight excluding hydrogens is 250 g/mol. The van der Waals surface area contributed by atoms with Crippen LogP contribution in [0.1, 0.15) is 46.0 Å². The Morgan fingerprint density at radius 1 is 1.13 bits per heavy atom. The van der Waals surface area contributed by atoms with Crippen LogP contribution >= 0.6 is 15.9 Å². The monoisotopic (exact) mass is 273 g/mol. The summed E-state index contributed by atoms with van der Waals surface area (Å²) in [6.07, 6.45) is 7.13. The molecule has 0 atom stereocenters. The summed E-state index contributed by atoms with van der Waals surface area (Å²) in [7, 11) is 0. The quantitative estimate of drug-likeness (QED) is 0.710. The number of rotatable bonds is 3. The zero-order valence-electron chi connectivity index (χ0n) is 10.2. The van der Waals surface area contributed by atoms with Gasteiger partial charge in [-0.3, -0.25) is 0 Å². The second-order valence-corrected chi connectivity index (χ2v) is 7.03. The molecule has 0 aromatic rings. The summed E-state index contributed by atoms with van der Waals surface area (Å²) in [4.78, 5) is 2.71. The van der Waals surface area contributed by atoms with Crippen LogP contribution in [0.2, 0.25) is 0 Å². The lowest BCUT2D eigenvalue weighted by molar-refractivity contribution is 0.0416. The highest BCUT2D eigenvalue weighted by molar-refractivity contribution is 9.09. The van der Waals surface area contributed by atoms with Gasteiger partial charge in [0.2, 0.25) is 0 Å². The number of hydrogen-bond donors (Lipinski definition) is 0. The molecule has 0 unspecified atom stereocenters. The minimum atomic E-state index is 0.551. The predicted octanol–water partition coefficient (Wildman–Crippen LogP) is 3.67. The number of alkyl halides is 1. The van der Waals surface area contributed by atoms with E-state index in [0.29, 0.717) is 10.8 Å². The normalized spacial score (nSPS) is 29.8. The SMILES string of the molecule is CC1(C)CCCN(CC2(CBr)CCC2)C1. The maximum atomic E-state index is 3.71. The second kappa shape index (κ2) is 4.37. The van der Waals surface area contributed by atoms with Gasteiger partial charge < -0.3 is 4.90 Å². The van der Waals surface area contributed by atoms with Gasteiger partial charge in [0, 0.05) is 18.4 Å². The van der Waals surface area contributed by atoms with Crippen molar-refractivity contribution >= 4 is 15.9 Å². The van der Waals surface area contributed by atoms with Crippen LogP contribution in [-0.2, 0) is 0 Å². The second-order valence-electron chi connectivity index (χ2n) is 6.47. The van der Waals surface area contributed by atoms with Crippen molar-refractivity contribution in [2.75, 3.05) is 25.0 Å². The van der Waals surface area contributed by atoms with Gasteiger partial charge in [0.05, 0.1) is 0 Å². The van der Waals surface area contributed by atoms with Crippen LogP contribution in [0.5, 0.6) is 0 Å². The highest BCUT2D eigenvalue weighted by Gasteiger charge is 2.39. The molecule has 2 fully saturated rings. The van der Waals surface area contributed by atoms with Crippen LogP contribution in [0.3, 0.4) is 0 Å². The Kier molecular flexibility index (Phi) is 3.47. The first kappa shape index (κ1) is 11.9. The highest BCUT2D eigenvalue weighted by Crippen LogP contribution is 2.44. The number of hydrogen-bond acceptors (Lipinski definition) is 1. The lowest BCUT2D eigenvalue weighted by Crippen LogP contribution is -2.48. The summed E-state index contributed by atoms with van der Waals surface area (Å²) in [6, 6.07) is 0. The van der Waals surface area contributed by atoms with Gasteiger partial charge >= 0.3 is 0 Å². The van der Waals surface area contributed by atoms with E-state index in [9.17, 15) is 0 Å². The fourth-order valence-electron chi connectivity index (χ4n) is 3.16. The van der Waals surface area contributed by atoms with Crippen LogP contribution < -0.4 is 0 Å². The van der Waals surface area contributed by atoms with Crippen LogP contribution in [0, 0.1) is 10.8 Å². The number of halogens is 1. The Morgan fingerprint density at radius 3 is 2.33 bits per heavy atom. The maximum absolute atomic E-state index is 3.71.